The lowest BCUT2D eigenvalue weighted by molar-refractivity contribution is -0.223. The highest BCUT2D eigenvalue weighted by molar-refractivity contribution is 5.87. The molecule has 2 aliphatic heterocycles. The van der Waals surface area contributed by atoms with E-state index >= 15 is 0 Å². The molecule has 1 aliphatic carbocycles. The van der Waals surface area contributed by atoms with Gasteiger partial charge in [0, 0.05) is 13.1 Å². The summed E-state index contributed by atoms with van der Waals surface area (Å²) in [7, 11) is 0. The number of amides is 1. The topological polar surface area (TPSA) is 66.8 Å². The summed E-state index contributed by atoms with van der Waals surface area (Å²) >= 11 is 0. The Balaban J connectivity index is 1.74. The Hall–Kier alpha value is -1.24. The van der Waals surface area contributed by atoms with Gasteiger partial charge in [0.15, 0.2) is 0 Å². The SMILES string of the molecule is O=C1OCCC12CCN(C(=O)C(F)(F)C1(O)CCC1)C2. The Kier molecular flexibility index (Phi) is 2.83. The third-order valence-electron chi connectivity index (χ3n) is 4.92. The minimum Gasteiger partial charge on any atom is -0.465 e. The van der Waals surface area contributed by atoms with Gasteiger partial charge in [0.05, 0.1) is 12.0 Å². The molecule has 0 bridgehead atoms. The maximum atomic E-state index is 14.1. The molecular formula is C13H17F2NO4. The number of carbonyl (C=O) groups is 2. The number of halogens is 2. The number of carbonyl (C=O) groups excluding carboxylic acids is 2. The first-order valence-electron chi connectivity index (χ1n) is 6.88. The quantitative estimate of drug-likeness (QED) is 0.760. The van der Waals surface area contributed by atoms with Gasteiger partial charge in [-0.1, -0.05) is 0 Å². The van der Waals surface area contributed by atoms with Crippen LogP contribution in [0.1, 0.15) is 32.1 Å². The van der Waals surface area contributed by atoms with E-state index in [1.54, 1.807) is 0 Å². The number of aliphatic hydroxyl groups is 1. The van der Waals surface area contributed by atoms with Crippen LogP contribution < -0.4 is 0 Å². The number of hydrogen-bond donors (Lipinski definition) is 1. The van der Waals surface area contributed by atoms with Gasteiger partial charge in [-0.25, -0.2) is 0 Å². The van der Waals surface area contributed by atoms with E-state index in [2.05, 4.69) is 0 Å². The molecule has 0 aromatic heterocycles. The van der Waals surface area contributed by atoms with Crippen LogP contribution in [0.15, 0.2) is 0 Å². The highest BCUT2D eigenvalue weighted by Gasteiger charge is 2.64. The van der Waals surface area contributed by atoms with Gasteiger partial charge in [0.1, 0.15) is 5.60 Å². The van der Waals surface area contributed by atoms with Crippen molar-refractivity contribution in [1.29, 1.82) is 0 Å². The highest BCUT2D eigenvalue weighted by atomic mass is 19.3. The van der Waals surface area contributed by atoms with Crippen molar-refractivity contribution in [3.8, 4) is 0 Å². The molecule has 0 aromatic rings. The molecule has 0 radical (unpaired) electrons. The molecule has 1 saturated carbocycles. The zero-order chi connectivity index (χ0) is 14.6. The molecule has 1 atom stereocenters. The Bertz CT molecular complexity index is 463. The Morgan fingerprint density at radius 2 is 2.00 bits per heavy atom. The average Bonchev–Trinajstić information content (AvgIpc) is 2.94. The minimum absolute atomic E-state index is 0.0314. The van der Waals surface area contributed by atoms with Crippen LogP contribution in [0.25, 0.3) is 0 Å². The smallest absolute Gasteiger partial charge is 0.352 e. The van der Waals surface area contributed by atoms with E-state index in [0.717, 1.165) is 4.90 Å². The van der Waals surface area contributed by atoms with Crippen molar-refractivity contribution >= 4 is 11.9 Å². The van der Waals surface area contributed by atoms with Gasteiger partial charge in [0.25, 0.3) is 5.91 Å². The van der Waals surface area contributed by atoms with Crippen LogP contribution in [0, 0.1) is 5.41 Å². The molecule has 2 saturated heterocycles. The standard InChI is InChI=1S/C13H17F2NO4/c14-13(15,12(19)2-1-3-12)9(17)16-6-4-11(8-16)5-7-20-10(11)18/h19H,1-8H2. The molecule has 5 nitrogen and oxygen atoms in total. The number of esters is 1. The first-order chi connectivity index (χ1) is 9.31. The first kappa shape index (κ1) is 13.7. The lowest BCUT2D eigenvalue weighted by Gasteiger charge is -2.42. The Morgan fingerprint density at radius 3 is 2.50 bits per heavy atom. The van der Waals surface area contributed by atoms with Crippen molar-refractivity contribution in [2.45, 2.75) is 43.6 Å². The van der Waals surface area contributed by atoms with E-state index in [-0.39, 0.29) is 32.5 Å². The molecule has 3 aliphatic rings. The first-order valence-corrected chi connectivity index (χ1v) is 6.88. The van der Waals surface area contributed by atoms with E-state index in [4.69, 9.17) is 4.74 Å². The van der Waals surface area contributed by atoms with Crippen molar-refractivity contribution in [3.63, 3.8) is 0 Å². The van der Waals surface area contributed by atoms with Crippen LogP contribution in [0.5, 0.6) is 0 Å². The summed E-state index contributed by atoms with van der Waals surface area (Å²) in [5, 5.41) is 9.79. The molecule has 112 valence electrons. The molecular weight excluding hydrogens is 272 g/mol. The van der Waals surface area contributed by atoms with E-state index in [1.807, 2.05) is 0 Å². The van der Waals surface area contributed by atoms with Gasteiger partial charge in [-0.15, -0.1) is 0 Å². The fourth-order valence-electron chi connectivity index (χ4n) is 3.23. The fourth-order valence-corrected chi connectivity index (χ4v) is 3.23. The van der Waals surface area contributed by atoms with E-state index in [1.165, 1.54) is 0 Å². The molecule has 1 N–H and O–H groups in total. The largest absolute Gasteiger partial charge is 0.465 e. The van der Waals surface area contributed by atoms with Crippen LogP contribution in [-0.2, 0) is 14.3 Å². The van der Waals surface area contributed by atoms with Crippen molar-refractivity contribution in [3.05, 3.63) is 0 Å². The van der Waals surface area contributed by atoms with Crippen LogP contribution in [0.4, 0.5) is 8.78 Å². The molecule has 0 aromatic carbocycles. The summed E-state index contributed by atoms with van der Waals surface area (Å²) in [6.45, 7) is 0.358. The second-order valence-corrected chi connectivity index (χ2v) is 6.10. The molecule has 1 unspecified atom stereocenters. The van der Waals surface area contributed by atoms with Crippen molar-refractivity contribution in [2.24, 2.45) is 5.41 Å². The van der Waals surface area contributed by atoms with Crippen LogP contribution in [-0.4, -0.2) is 53.1 Å². The molecule has 1 amide bonds. The maximum absolute atomic E-state index is 14.1. The van der Waals surface area contributed by atoms with Crippen LogP contribution >= 0.6 is 0 Å². The fraction of sp³-hybridized carbons (Fsp3) is 0.846. The van der Waals surface area contributed by atoms with E-state index < -0.39 is 28.8 Å². The second kappa shape index (κ2) is 4.13. The number of likely N-dealkylation sites (tertiary alicyclic amines) is 1. The predicted octanol–water partition coefficient (Wildman–Crippen LogP) is 0.702. The normalized spacial score (nSPS) is 32.4. The van der Waals surface area contributed by atoms with Gasteiger partial charge in [0.2, 0.25) is 0 Å². The summed E-state index contributed by atoms with van der Waals surface area (Å²) in [5.74, 6) is -5.55. The maximum Gasteiger partial charge on any atom is 0.352 e. The van der Waals surface area contributed by atoms with Gasteiger partial charge in [-0.3, -0.25) is 9.59 Å². The Labute approximate surface area is 114 Å². The van der Waals surface area contributed by atoms with Crippen molar-refractivity contribution in [1.82, 2.24) is 4.90 Å². The third kappa shape index (κ3) is 1.68. The monoisotopic (exact) mass is 289 g/mol. The zero-order valence-electron chi connectivity index (χ0n) is 11.0. The lowest BCUT2D eigenvalue weighted by atomic mass is 9.75. The van der Waals surface area contributed by atoms with Gasteiger partial charge >= 0.3 is 11.9 Å². The van der Waals surface area contributed by atoms with Gasteiger partial charge in [-0.05, 0) is 32.1 Å². The number of rotatable bonds is 2. The van der Waals surface area contributed by atoms with Crippen molar-refractivity contribution in [2.75, 3.05) is 19.7 Å². The zero-order valence-corrected chi connectivity index (χ0v) is 11.0. The minimum atomic E-state index is -3.78. The van der Waals surface area contributed by atoms with E-state index in [9.17, 15) is 23.5 Å². The van der Waals surface area contributed by atoms with Crippen LogP contribution in [0.2, 0.25) is 0 Å². The molecule has 7 heteroatoms. The number of ether oxygens (including phenoxy) is 1. The molecule has 20 heavy (non-hydrogen) atoms. The summed E-state index contributed by atoms with van der Waals surface area (Å²) in [6, 6.07) is 0. The molecule has 3 rings (SSSR count). The molecule has 3 fully saturated rings. The Morgan fingerprint density at radius 1 is 1.30 bits per heavy atom. The molecule has 1 spiro atoms. The molecule has 2 heterocycles. The number of nitrogens with zero attached hydrogens (tertiary/aromatic N) is 1. The summed E-state index contributed by atoms with van der Waals surface area (Å²) in [4.78, 5) is 24.7. The third-order valence-corrected chi connectivity index (χ3v) is 4.92. The van der Waals surface area contributed by atoms with Crippen LogP contribution in [0.3, 0.4) is 0 Å². The van der Waals surface area contributed by atoms with Crippen molar-refractivity contribution < 1.29 is 28.2 Å². The predicted molar refractivity (Wildman–Crippen MR) is 63.0 cm³/mol. The summed E-state index contributed by atoms with van der Waals surface area (Å²) < 4.78 is 33.1. The number of hydrogen-bond acceptors (Lipinski definition) is 4. The average molecular weight is 289 g/mol. The lowest BCUT2D eigenvalue weighted by Crippen LogP contribution is -2.61. The second-order valence-electron chi connectivity index (χ2n) is 6.10. The van der Waals surface area contributed by atoms with E-state index in [0.29, 0.717) is 19.3 Å². The highest BCUT2D eigenvalue weighted by Crippen LogP contribution is 2.47. The van der Waals surface area contributed by atoms with Gasteiger partial charge in [-0.2, -0.15) is 8.78 Å². The number of cyclic esters (lactones) is 1. The summed E-state index contributed by atoms with van der Waals surface area (Å²) in [5.41, 5.74) is -3.02. The van der Waals surface area contributed by atoms with Gasteiger partial charge < -0.3 is 14.7 Å². The summed E-state index contributed by atoms with van der Waals surface area (Å²) in [6.07, 6.45) is 1.19. The number of alkyl halides is 2.